The average molecular weight is 310 g/mol. The Kier molecular flexibility index (Phi) is 2.87. The molecule has 0 aliphatic rings. The smallest absolute Gasteiger partial charge is 0.141 e. The second kappa shape index (κ2) is 4.78. The van der Waals surface area contributed by atoms with Crippen LogP contribution in [0, 0.1) is 20.8 Å². The van der Waals surface area contributed by atoms with E-state index in [4.69, 9.17) is 4.52 Å². The number of imidazole rings is 1. The molecule has 1 N–H and O–H groups in total. The van der Waals surface area contributed by atoms with Gasteiger partial charge >= 0.3 is 0 Å². The van der Waals surface area contributed by atoms with E-state index in [1.165, 1.54) is 0 Å². The van der Waals surface area contributed by atoms with Crippen molar-refractivity contribution in [2.24, 2.45) is 0 Å². The summed E-state index contributed by atoms with van der Waals surface area (Å²) in [6.45, 7) is 5.91. The summed E-state index contributed by atoms with van der Waals surface area (Å²) in [5.74, 6) is 0.823. The van der Waals surface area contributed by atoms with E-state index in [9.17, 15) is 0 Å². The van der Waals surface area contributed by atoms with E-state index in [-0.39, 0.29) is 0 Å². The van der Waals surface area contributed by atoms with Crippen LogP contribution in [0.15, 0.2) is 28.5 Å². The lowest BCUT2D eigenvalue weighted by atomic mass is 9.99. The molecule has 0 saturated carbocycles. The molecule has 0 atom stereocenters. The van der Waals surface area contributed by atoms with Crippen LogP contribution in [0.4, 0.5) is 0 Å². The molecule has 4 aromatic rings. The van der Waals surface area contributed by atoms with E-state index in [1.54, 1.807) is 17.7 Å². The molecule has 0 aliphatic carbocycles. The fourth-order valence-corrected chi connectivity index (χ4v) is 3.64. The number of thiazole rings is 1. The number of hydrogen-bond donors (Lipinski definition) is 1. The molecule has 4 rings (SSSR count). The minimum atomic E-state index is 0.823. The fraction of sp³-hybridized carbons (Fsp3) is 0.188. The number of fused-ring (bicyclic) bond motifs is 1. The van der Waals surface area contributed by atoms with E-state index in [1.807, 2.05) is 26.3 Å². The Morgan fingerprint density at radius 1 is 1.09 bits per heavy atom. The van der Waals surface area contributed by atoms with Gasteiger partial charge in [-0.2, -0.15) is 0 Å². The molecule has 0 unspecified atom stereocenters. The van der Waals surface area contributed by atoms with E-state index in [2.05, 4.69) is 32.2 Å². The van der Waals surface area contributed by atoms with Crippen molar-refractivity contribution in [2.45, 2.75) is 20.8 Å². The predicted molar refractivity (Wildman–Crippen MR) is 86.9 cm³/mol. The SMILES string of the molecule is Cc1ncsc1-c1cc(-c2c(C)noc2C)cc2[nH]cnc12. The van der Waals surface area contributed by atoms with Crippen LogP contribution in [0.1, 0.15) is 17.1 Å². The lowest BCUT2D eigenvalue weighted by Gasteiger charge is -2.06. The first kappa shape index (κ1) is 13.2. The molecule has 3 aromatic heterocycles. The van der Waals surface area contributed by atoms with Crippen molar-refractivity contribution >= 4 is 22.4 Å². The number of aryl methyl sites for hydroxylation is 3. The van der Waals surface area contributed by atoms with Crippen molar-refractivity contribution in [1.29, 1.82) is 0 Å². The van der Waals surface area contributed by atoms with Gasteiger partial charge in [0.15, 0.2) is 0 Å². The van der Waals surface area contributed by atoms with Crippen LogP contribution in [0.5, 0.6) is 0 Å². The van der Waals surface area contributed by atoms with Crippen molar-refractivity contribution in [1.82, 2.24) is 20.1 Å². The van der Waals surface area contributed by atoms with Gasteiger partial charge in [-0.05, 0) is 38.5 Å². The highest BCUT2D eigenvalue weighted by molar-refractivity contribution is 7.13. The van der Waals surface area contributed by atoms with Crippen LogP contribution >= 0.6 is 11.3 Å². The van der Waals surface area contributed by atoms with Gasteiger partial charge in [0, 0.05) is 11.1 Å². The first-order valence-electron chi connectivity index (χ1n) is 6.96. The first-order valence-corrected chi connectivity index (χ1v) is 7.84. The van der Waals surface area contributed by atoms with Gasteiger partial charge in [-0.1, -0.05) is 5.16 Å². The van der Waals surface area contributed by atoms with Crippen LogP contribution in [-0.2, 0) is 0 Å². The van der Waals surface area contributed by atoms with Gasteiger partial charge in [-0.25, -0.2) is 9.97 Å². The molecule has 0 fully saturated rings. The summed E-state index contributed by atoms with van der Waals surface area (Å²) in [6.07, 6.45) is 1.72. The summed E-state index contributed by atoms with van der Waals surface area (Å²) in [5.41, 5.74) is 8.95. The third-order valence-electron chi connectivity index (χ3n) is 3.84. The number of nitrogens with one attached hydrogen (secondary N) is 1. The van der Waals surface area contributed by atoms with Gasteiger partial charge in [0.05, 0.1) is 39.1 Å². The Morgan fingerprint density at radius 2 is 1.95 bits per heavy atom. The standard InChI is InChI=1S/C16H14N4OS/c1-8-14(10(3)21-20-8)11-4-12(16-9(2)19-7-22-16)15-13(5-11)17-6-18-15/h4-7H,1-3H3,(H,17,18). The lowest BCUT2D eigenvalue weighted by molar-refractivity contribution is 0.393. The van der Waals surface area contributed by atoms with Crippen LogP contribution in [0.25, 0.3) is 32.6 Å². The molecule has 110 valence electrons. The van der Waals surface area contributed by atoms with Crippen molar-refractivity contribution in [2.75, 3.05) is 0 Å². The number of hydrogen-bond acceptors (Lipinski definition) is 5. The Bertz CT molecular complexity index is 960. The molecule has 22 heavy (non-hydrogen) atoms. The predicted octanol–water partition coefficient (Wildman–Crippen LogP) is 4.27. The molecule has 5 nitrogen and oxygen atoms in total. The number of nitrogens with zero attached hydrogens (tertiary/aromatic N) is 3. The Balaban J connectivity index is 2.05. The molecule has 0 spiro atoms. The molecule has 0 radical (unpaired) electrons. The minimum absolute atomic E-state index is 0.823. The molecule has 0 aliphatic heterocycles. The quantitative estimate of drug-likeness (QED) is 0.600. The maximum atomic E-state index is 5.31. The molecule has 6 heteroatoms. The molecule has 0 saturated heterocycles. The van der Waals surface area contributed by atoms with Gasteiger partial charge < -0.3 is 9.51 Å². The summed E-state index contributed by atoms with van der Waals surface area (Å²) in [6, 6.07) is 4.24. The Hall–Kier alpha value is -2.47. The molecular weight excluding hydrogens is 296 g/mol. The maximum Gasteiger partial charge on any atom is 0.141 e. The summed E-state index contributed by atoms with van der Waals surface area (Å²) in [4.78, 5) is 13.2. The first-order chi connectivity index (χ1) is 10.6. The Morgan fingerprint density at radius 3 is 2.64 bits per heavy atom. The van der Waals surface area contributed by atoms with Crippen LogP contribution in [0.3, 0.4) is 0 Å². The van der Waals surface area contributed by atoms with Crippen LogP contribution in [0.2, 0.25) is 0 Å². The summed E-state index contributed by atoms with van der Waals surface area (Å²) in [5, 5.41) is 4.06. The molecule has 3 heterocycles. The Labute approximate surface area is 131 Å². The van der Waals surface area contributed by atoms with Crippen LogP contribution < -0.4 is 0 Å². The average Bonchev–Trinajstić information content (AvgIpc) is 3.19. The van der Waals surface area contributed by atoms with Gasteiger partial charge in [-0.15, -0.1) is 11.3 Å². The third-order valence-corrected chi connectivity index (χ3v) is 4.80. The number of aromatic amines is 1. The van der Waals surface area contributed by atoms with E-state index in [0.717, 1.165) is 49.7 Å². The molecular formula is C16H14N4OS. The van der Waals surface area contributed by atoms with E-state index in [0.29, 0.717) is 0 Å². The van der Waals surface area contributed by atoms with Gasteiger partial charge in [-0.3, -0.25) is 0 Å². The van der Waals surface area contributed by atoms with Crippen molar-refractivity contribution < 1.29 is 4.52 Å². The van der Waals surface area contributed by atoms with Gasteiger partial charge in [0.1, 0.15) is 5.76 Å². The number of H-pyrrole nitrogens is 1. The second-order valence-electron chi connectivity index (χ2n) is 5.29. The molecule has 0 bridgehead atoms. The zero-order valence-corrected chi connectivity index (χ0v) is 13.3. The van der Waals surface area contributed by atoms with E-state index < -0.39 is 0 Å². The third kappa shape index (κ3) is 1.88. The molecule has 1 aromatic carbocycles. The van der Waals surface area contributed by atoms with Crippen LogP contribution in [-0.4, -0.2) is 20.1 Å². The van der Waals surface area contributed by atoms with Gasteiger partial charge in [0.25, 0.3) is 0 Å². The second-order valence-corrected chi connectivity index (χ2v) is 6.14. The number of aromatic nitrogens is 4. The lowest BCUT2D eigenvalue weighted by Crippen LogP contribution is -1.87. The summed E-state index contributed by atoms with van der Waals surface area (Å²) >= 11 is 1.63. The highest BCUT2D eigenvalue weighted by atomic mass is 32.1. The normalized spacial score (nSPS) is 11.4. The zero-order chi connectivity index (χ0) is 15.3. The largest absolute Gasteiger partial charge is 0.361 e. The van der Waals surface area contributed by atoms with Gasteiger partial charge in [0.2, 0.25) is 0 Å². The highest BCUT2D eigenvalue weighted by Gasteiger charge is 2.17. The molecule has 0 amide bonds. The topological polar surface area (TPSA) is 67.6 Å². The number of benzene rings is 1. The number of rotatable bonds is 2. The van der Waals surface area contributed by atoms with Crippen molar-refractivity contribution in [3.05, 3.63) is 41.1 Å². The van der Waals surface area contributed by atoms with Crippen molar-refractivity contribution in [3.8, 4) is 21.6 Å². The maximum absolute atomic E-state index is 5.31. The van der Waals surface area contributed by atoms with Crippen molar-refractivity contribution in [3.63, 3.8) is 0 Å². The van der Waals surface area contributed by atoms with E-state index >= 15 is 0 Å². The zero-order valence-electron chi connectivity index (χ0n) is 12.5. The summed E-state index contributed by atoms with van der Waals surface area (Å²) < 4.78 is 5.31. The highest BCUT2D eigenvalue weighted by Crippen LogP contribution is 2.37. The summed E-state index contributed by atoms with van der Waals surface area (Å²) in [7, 11) is 0. The monoisotopic (exact) mass is 310 g/mol. The minimum Gasteiger partial charge on any atom is -0.361 e. The fourth-order valence-electron chi connectivity index (χ4n) is 2.82.